The van der Waals surface area contributed by atoms with Gasteiger partial charge in [-0.05, 0) is 43.7 Å². The minimum absolute atomic E-state index is 0.486. The van der Waals surface area contributed by atoms with Crippen LogP contribution in [0.4, 0.5) is 0 Å². The summed E-state index contributed by atoms with van der Waals surface area (Å²) in [6, 6.07) is 17.8. The monoisotopic (exact) mass is 363 g/mol. The quantitative estimate of drug-likeness (QED) is 0.689. The molecule has 2 rings (SSSR count). The van der Waals surface area contributed by atoms with E-state index < -0.39 is 0 Å². The second-order valence-electron chi connectivity index (χ2n) is 5.17. The molecule has 2 aromatic carbocycles. The van der Waals surface area contributed by atoms with Crippen molar-refractivity contribution in [2.45, 2.75) is 31.2 Å². The SMILES string of the molecule is CCNC(CSc1ccc(C)cc1)Cc1ccccc1Br. The topological polar surface area (TPSA) is 12.0 Å². The highest BCUT2D eigenvalue weighted by Gasteiger charge is 2.11. The lowest BCUT2D eigenvalue weighted by molar-refractivity contribution is 0.572. The van der Waals surface area contributed by atoms with Crippen molar-refractivity contribution >= 4 is 27.7 Å². The number of likely N-dealkylation sites (N-methyl/N-ethyl adjacent to an activating group) is 1. The average Bonchev–Trinajstić information content (AvgIpc) is 2.49. The molecule has 3 heteroatoms. The van der Waals surface area contributed by atoms with Crippen LogP contribution in [0.25, 0.3) is 0 Å². The minimum Gasteiger partial charge on any atom is -0.313 e. The van der Waals surface area contributed by atoms with Crippen LogP contribution in [0.3, 0.4) is 0 Å². The second kappa shape index (κ2) is 8.62. The highest BCUT2D eigenvalue weighted by Crippen LogP contribution is 2.22. The van der Waals surface area contributed by atoms with Crippen LogP contribution >= 0.6 is 27.7 Å². The molecule has 1 unspecified atom stereocenters. The third-order valence-corrected chi connectivity index (χ3v) is 5.34. The predicted molar refractivity (Wildman–Crippen MR) is 97.2 cm³/mol. The number of halogens is 1. The Hall–Kier alpha value is -0.770. The smallest absolute Gasteiger partial charge is 0.0207 e. The van der Waals surface area contributed by atoms with Gasteiger partial charge in [-0.15, -0.1) is 11.8 Å². The van der Waals surface area contributed by atoms with Gasteiger partial charge in [-0.2, -0.15) is 0 Å². The third-order valence-electron chi connectivity index (χ3n) is 3.39. The van der Waals surface area contributed by atoms with Crippen molar-refractivity contribution in [3.05, 3.63) is 64.1 Å². The van der Waals surface area contributed by atoms with Gasteiger partial charge in [-0.25, -0.2) is 0 Å². The lowest BCUT2D eigenvalue weighted by Gasteiger charge is -2.18. The molecule has 1 nitrogen and oxygen atoms in total. The summed E-state index contributed by atoms with van der Waals surface area (Å²) in [6.45, 7) is 5.30. The summed E-state index contributed by atoms with van der Waals surface area (Å²) in [5.74, 6) is 1.08. The molecule has 0 spiro atoms. The molecule has 2 aromatic rings. The van der Waals surface area contributed by atoms with Gasteiger partial charge in [-0.1, -0.05) is 58.7 Å². The van der Waals surface area contributed by atoms with Gasteiger partial charge < -0.3 is 5.32 Å². The molecule has 1 atom stereocenters. The fraction of sp³-hybridized carbons (Fsp3) is 0.333. The van der Waals surface area contributed by atoms with Crippen LogP contribution in [0.2, 0.25) is 0 Å². The summed E-state index contributed by atoms with van der Waals surface area (Å²) in [5, 5.41) is 3.60. The minimum atomic E-state index is 0.486. The van der Waals surface area contributed by atoms with Crippen molar-refractivity contribution in [2.75, 3.05) is 12.3 Å². The van der Waals surface area contributed by atoms with E-state index in [1.165, 1.54) is 20.5 Å². The number of rotatable bonds is 7. The molecule has 0 saturated heterocycles. The van der Waals surface area contributed by atoms with Crippen molar-refractivity contribution in [1.29, 1.82) is 0 Å². The Morgan fingerprint density at radius 2 is 1.81 bits per heavy atom. The molecule has 0 saturated carbocycles. The molecule has 0 aromatic heterocycles. The summed E-state index contributed by atoms with van der Waals surface area (Å²) in [5.41, 5.74) is 2.68. The Balaban J connectivity index is 1.95. The highest BCUT2D eigenvalue weighted by molar-refractivity contribution is 9.10. The van der Waals surface area contributed by atoms with E-state index in [4.69, 9.17) is 0 Å². The molecule has 112 valence electrons. The number of benzene rings is 2. The van der Waals surface area contributed by atoms with Gasteiger partial charge in [0.15, 0.2) is 0 Å². The van der Waals surface area contributed by atoms with Gasteiger partial charge in [0.05, 0.1) is 0 Å². The van der Waals surface area contributed by atoms with E-state index in [2.05, 4.69) is 83.6 Å². The summed E-state index contributed by atoms with van der Waals surface area (Å²) in [7, 11) is 0. The number of aryl methyl sites for hydroxylation is 1. The van der Waals surface area contributed by atoms with Gasteiger partial charge in [0.1, 0.15) is 0 Å². The summed E-state index contributed by atoms with van der Waals surface area (Å²) >= 11 is 5.57. The molecule has 0 aliphatic rings. The van der Waals surface area contributed by atoms with E-state index in [9.17, 15) is 0 Å². The molecule has 0 aliphatic carbocycles. The van der Waals surface area contributed by atoms with Crippen LogP contribution in [-0.4, -0.2) is 18.3 Å². The Bertz CT molecular complexity index is 553. The molecule has 0 amide bonds. The molecule has 0 aliphatic heterocycles. The number of hydrogen-bond acceptors (Lipinski definition) is 2. The van der Waals surface area contributed by atoms with E-state index in [-0.39, 0.29) is 0 Å². The van der Waals surface area contributed by atoms with Gasteiger partial charge in [-0.3, -0.25) is 0 Å². The van der Waals surface area contributed by atoms with Crippen molar-refractivity contribution in [3.63, 3.8) is 0 Å². The van der Waals surface area contributed by atoms with Crippen molar-refractivity contribution < 1.29 is 0 Å². The number of nitrogens with one attached hydrogen (secondary N) is 1. The van der Waals surface area contributed by atoms with E-state index in [1.54, 1.807) is 0 Å². The third kappa shape index (κ3) is 5.50. The molecule has 0 bridgehead atoms. The Morgan fingerprint density at radius 1 is 1.10 bits per heavy atom. The molecule has 0 fully saturated rings. The standard InChI is InChI=1S/C18H22BrNS/c1-3-20-16(12-15-6-4-5-7-18(15)19)13-21-17-10-8-14(2)9-11-17/h4-11,16,20H,3,12-13H2,1-2H3. The van der Waals surface area contributed by atoms with Crippen molar-refractivity contribution in [3.8, 4) is 0 Å². The van der Waals surface area contributed by atoms with E-state index in [0.29, 0.717) is 6.04 Å². The van der Waals surface area contributed by atoms with Crippen LogP contribution in [-0.2, 0) is 6.42 Å². The largest absolute Gasteiger partial charge is 0.313 e. The molecule has 1 N–H and O–H groups in total. The predicted octanol–water partition coefficient (Wildman–Crippen LogP) is 5.07. The van der Waals surface area contributed by atoms with Crippen molar-refractivity contribution in [1.82, 2.24) is 5.32 Å². The second-order valence-corrected chi connectivity index (χ2v) is 7.12. The van der Waals surface area contributed by atoms with Crippen LogP contribution in [0.1, 0.15) is 18.1 Å². The highest BCUT2D eigenvalue weighted by atomic mass is 79.9. The maximum atomic E-state index is 3.65. The maximum absolute atomic E-state index is 3.65. The summed E-state index contributed by atoms with van der Waals surface area (Å²) < 4.78 is 1.20. The van der Waals surface area contributed by atoms with Gasteiger partial charge >= 0.3 is 0 Å². The number of hydrogen-bond donors (Lipinski definition) is 1. The van der Waals surface area contributed by atoms with E-state index in [1.807, 2.05) is 11.8 Å². The lowest BCUT2D eigenvalue weighted by Crippen LogP contribution is -2.33. The first-order chi connectivity index (χ1) is 10.2. The molecular formula is C18H22BrNS. The fourth-order valence-electron chi connectivity index (χ4n) is 2.24. The molecule has 0 heterocycles. The first-order valence-electron chi connectivity index (χ1n) is 7.35. The molecular weight excluding hydrogens is 342 g/mol. The van der Waals surface area contributed by atoms with Crippen LogP contribution in [0.15, 0.2) is 57.9 Å². The molecule has 0 radical (unpaired) electrons. The number of thioether (sulfide) groups is 1. The molecule has 21 heavy (non-hydrogen) atoms. The lowest BCUT2D eigenvalue weighted by atomic mass is 10.1. The first kappa shape index (κ1) is 16.6. The van der Waals surface area contributed by atoms with Gasteiger partial charge in [0, 0.05) is 21.2 Å². The van der Waals surface area contributed by atoms with Crippen LogP contribution in [0.5, 0.6) is 0 Å². The summed E-state index contributed by atoms with van der Waals surface area (Å²) in [6.07, 6.45) is 1.05. The van der Waals surface area contributed by atoms with Crippen LogP contribution in [0, 0.1) is 6.92 Å². The Morgan fingerprint density at radius 3 is 2.48 bits per heavy atom. The zero-order valence-electron chi connectivity index (χ0n) is 12.6. The van der Waals surface area contributed by atoms with E-state index in [0.717, 1.165) is 18.7 Å². The van der Waals surface area contributed by atoms with Crippen molar-refractivity contribution in [2.24, 2.45) is 0 Å². The first-order valence-corrected chi connectivity index (χ1v) is 9.13. The Kier molecular flexibility index (Phi) is 6.81. The maximum Gasteiger partial charge on any atom is 0.0207 e. The van der Waals surface area contributed by atoms with Gasteiger partial charge in [0.25, 0.3) is 0 Å². The van der Waals surface area contributed by atoms with Crippen LogP contribution < -0.4 is 5.32 Å². The average molecular weight is 364 g/mol. The fourth-order valence-corrected chi connectivity index (χ4v) is 3.64. The van der Waals surface area contributed by atoms with E-state index >= 15 is 0 Å². The Labute approximate surface area is 140 Å². The zero-order valence-corrected chi connectivity index (χ0v) is 15.0. The zero-order chi connectivity index (χ0) is 15.1. The summed E-state index contributed by atoms with van der Waals surface area (Å²) in [4.78, 5) is 1.34. The normalized spacial score (nSPS) is 12.3. The van der Waals surface area contributed by atoms with Gasteiger partial charge in [0.2, 0.25) is 0 Å².